The molecule has 1 aromatic rings. The van der Waals surface area contributed by atoms with Crippen LogP contribution in [0.4, 0.5) is 8.78 Å². The predicted molar refractivity (Wildman–Crippen MR) is 65.0 cm³/mol. The molecule has 1 aliphatic heterocycles. The van der Waals surface area contributed by atoms with E-state index in [1.807, 2.05) is 6.07 Å². The molecule has 1 aromatic carbocycles. The zero-order chi connectivity index (χ0) is 14.8. The first-order chi connectivity index (χ1) is 9.41. The van der Waals surface area contributed by atoms with Crippen LogP contribution in [0.2, 0.25) is 0 Å². The largest absolute Gasteiger partial charge is 0.343 e. The van der Waals surface area contributed by atoms with E-state index in [0.717, 1.165) is 4.90 Å². The average molecular weight is 279 g/mol. The third-order valence-electron chi connectivity index (χ3n) is 2.87. The molecule has 7 heteroatoms. The molecular formula is C13H11F2N3O2. The van der Waals surface area contributed by atoms with Gasteiger partial charge in [-0.05, 0) is 24.3 Å². The summed E-state index contributed by atoms with van der Waals surface area (Å²) in [5.74, 6) is -3.85. The molecule has 0 unspecified atom stereocenters. The lowest BCUT2D eigenvalue weighted by Crippen LogP contribution is -2.60. The highest BCUT2D eigenvalue weighted by Crippen LogP contribution is 2.26. The summed E-state index contributed by atoms with van der Waals surface area (Å²) in [6.45, 7) is -1.52. The van der Waals surface area contributed by atoms with Crippen molar-refractivity contribution in [1.82, 2.24) is 10.2 Å². The van der Waals surface area contributed by atoms with Gasteiger partial charge in [0.2, 0.25) is 5.91 Å². The molecule has 5 nitrogen and oxygen atoms in total. The molecule has 104 valence electrons. The Labute approximate surface area is 113 Å². The third-order valence-corrected chi connectivity index (χ3v) is 2.87. The smallest absolute Gasteiger partial charge is 0.282 e. The van der Waals surface area contributed by atoms with E-state index >= 15 is 0 Å². The van der Waals surface area contributed by atoms with E-state index in [1.165, 1.54) is 24.3 Å². The second-order valence-corrected chi connectivity index (χ2v) is 4.48. The van der Waals surface area contributed by atoms with E-state index in [0.29, 0.717) is 11.1 Å². The van der Waals surface area contributed by atoms with E-state index < -0.39 is 30.8 Å². The minimum atomic E-state index is -2.81. The Morgan fingerprint density at radius 3 is 2.40 bits per heavy atom. The van der Waals surface area contributed by atoms with Crippen LogP contribution in [0.3, 0.4) is 0 Å². The number of amides is 2. The summed E-state index contributed by atoms with van der Waals surface area (Å²) in [5, 5.41) is 11.0. The highest BCUT2D eigenvalue weighted by atomic mass is 19.3. The van der Waals surface area contributed by atoms with Gasteiger partial charge >= 0.3 is 0 Å². The van der Waals surface area contributed by atoms with Gasteiger partial charge in [-0.25, -0.2) is 8.78 Å². The molecule has 0 aliphatic carbocycles. The van der Waals surface area contributed by atoms with Crippen LogP contribution in [0.25, 0.3) is 0 Å². The summed E-state index contributed by atoms with van der Waals surface area (Å²) < 4.78 is 25.2. The molecule has 0 bridgehead atoms. The van der Waals surface area contributed by atoms with Crippen LogP contribution in [-0.4, -0.2) is 42.3 Å². The van der Waals surface area contributed by atoms with Gasteiger partial charge in [0.05, 0.1) is 31.3 Å². The summed E-state index contributed by atoms with van der Waals surface area (Å²) in [6.07, 6.45) is 0. The van der Waals surface area contributed by atoms with Crippen molar-refractivity contribution < 1.29 is 18.4 Å². The predicted octanol–water partition coefficient (Wildman–Crippen LogP) is 0.766. The van der Waals surface area contributed by atoms with E-state index in [4.69, 9.17) is 5.26 Å². The molecule has 1 fully saturated rings. The molecule has 0 spiro atoms. The van der Waals surface area contributed by atoms with Gasteiger partial charge in [0.15, 0.2) is 0 Å². The van der Waals surface area contributed by atoms with Crippen LogP contribution < -0.4 is 5.32 Å². The highest BCUT2D eigenvalue weighted by Gasteiger charge is 2.45. The number of nitrogens with zero attached hydrogens (tertiary/aromatic N) is 2. The first-order valence-corrected chi connectivity index (χ1v) is 5.85. The van der Waals surface area contributed by atoms with Gasteiger partial charge < -0.3 is 10.2 Å². The lowest BCUT2D eigenvalue weighted by molar-refractivity contribution is -0.164. The van der Waals surface area contributed by atoms with Gasteiger partial charge in [-0.3, -0.25) is 9.59 Å². The standard InChI is InChI=1S/C13H11F2N3O2/c14-13(15)7-18(8-13)11(19)6-17-12(20)10-3-1-9(5-16)2-4-10/h1-4H,6-8H2,(H,17,20). The summed E-state index contributed by atoms with van der Waals surface area (Å²) in [4.78, 5) is 24.2. The van der Waals surface area contributed by atoms with Gasteiger partial charge in [0, 0.05) is 5.56 Å². The Morgan fingerprint density at radius 2 is 1.90 bits per heavy atom. The van der Waals surface area contributed by atoms with Gasteiger partial charge in [0.1, 0.15) is 0 Å². The zero-order valence-corrected chi connectivity index (χ0v) is 10.4. The molecule has 20 heavy (non-hydrogen) atoms. The number of benzene rings is 1. The SMILES string of the molecule is N#Cc1ccc(C(=O)NCC(=O)N2CC(F)(F)C2)cc1. The number of rotatable bonds is 3. The molecule has 1 aliphatic rings. The Morgan fingerprint density at radius 1 is 1.30 bits per heavy atom. The monoisotopic (exact) mass is 279 g/mol. The summed E-state index contributed by atoms with van der Waals surface area (Å²) in [6, 6.07) is 7.78. The zero-order valence-electron chi connectivity index (χ0n) is 10.4. The summed E-state index contributed by atoms with van der Waals surface area (Å²) >= 11 is 0. The maximum absolute atomic E-state index is 12.6. The number of likely N-dealkylation sites (tertiary alicyclic amines) is 1. The molecule has 0 radical (unpaired) electrons. The summed E-state index contributed by atoms with van der Waals surface area (Å²) in [7, 11) is 0. The first-order valence-electron chi connectivity index (χ1n) is 5.85. The molecular weight excluding hydrogens is 268 g/mol. The minimum Gasteiger partial charge on any atom is -0.343 e. The highest BCUT2D eigenvalue weighted by molar-refractivity contribution is 5.96. The van der Waals surface area contributed by atoms with Crippen molar-refractivity contribution in [2.24, 2.45) is 0 Å². The Hall–Kier alpha value is -2.49. The van der Waals surface area contributed by atoms with Crippen LogP contribution in [0.5, 0.6) is 0 Å². The average Bonchev–Trinajstić information content (AvgIpc) is 2.41. The van der Waals surface area contributed by atoms with E-state index in [2.05, 4.69) is 5.32 Å². The van der Waals surface area contributed by atoms with Crippen molar-refractivity contribution in [2.45, 2.75) is 5.92 Å². The number of nitrogens with one attached hydrogen (secondary N) is 1. The van der Waals surface area contributed by atoms with Gasteiger partial charge in [0.25, 0.3) is 11.8 Å². The lowest BCUT2D eigenvalue weighted by atomic mass is 10.1. The Bertz CT molecular complexity index is 570. The fraction of sp³-hybridized carbons (Fsp3) is 0.308. The number of carbonyl (C=O) groups excluding carboxylic acids is 2. The number of nitriles is 1. The number of hydrogen-bond donors (Lipinski definition) is 1. The minimum absolute atomic E-state index is 0.297. The summed E-state index contributed by atoms with van der Waals surface area (Å²) in [5.41, 5.74) is 0.714. The van der Waals surface area contributed by atoms with Crippen LogP contribution in [0.15, 0.2) is 24.3 Å². The van der Waals surface area contributed by atoms with Crippen molar-refractivity contribution in [1.29, 1.82) is 5.26 Å². The van der Waals surface area contributed by atoms with Crippen molar-refractivity contribution in [3.8, 4) is 6.07 Å². The number of alkyl halides is 2. The molecule has 2 amide bonds. The van der Waals surface area contributed by atoms with Crippen molar-refractivity contribution >= 4 is 11.8 Å². The third kappa shape index (κ3) is 3.09. The molecule has 1 N–H and O–H groups in total. The van der Waals surface area contributed by atoms with Crippen molar-refractivity contribution in [3.63, 3.8) is 0 Å². The molecule has 0 atom stereocenters. The second kappa shape index (κ2) is 5.25. The van der Waals surface area contributed by atoms with Crippen LogP contribution in [0.1, 0.15) is 15.9 Å². The van der Waals surface area contributed by atoms with Gasteiger partial charge in [-0.2, -0.15) is 5.26 Å². The fourth-order valence-electron chi connectivity index (χ4n) is 1.75. The van der Waals surface area contributed by atoms with E-state index in [9.17, 15) is 18.4 Å². The number of halogens is 2. The van der Waals surface area contributed by atoms with Crippen LogP contribution >= 0.6 is 0 Å². The first kappa shape index (κ1) is 13.9. The van der Waals surface area contributed by atoms with Crippen molar-refractivity contribution in [2.75, 3.05) is 19.6 Å². The molecule has 1 saturated heterocycles. The maximum Gasteiger partial charge on any atom is 0.282 e. The normalized spacial score (nSPS) is 15.9. The molecule has 0 aromatic heterocycles. The van der Waals surface area contributed by atoms with E-state index in [1.54, 1.807) is 0 Å². The second-order valence-electron chi connectivity index (χ2n) is 4.48. The quantitative estimate of drug-likeness (QED) is 0.888. The molecule has 1 heterocycles. The van der Waals surface area contributed by atoms with Crippen molar-refractivity contribution in [3.05, 3.63) is 35.4 Å². The van der Waals surface area contributed by atoms with Crippen LogP contribution in [0, 0.1) is 11.3 Å². The topological polar surface area (TPSA) is 73.2 Å². The Kier molecular flexibility index (Phi) is 3.66. The lowest BCUT2D eigenvalue weighted by Gasteiger charge is -2.38. The molecule has 2 rings (SSSR count). The number of hydrogen-bond acceptors (Lipinski definition) is 3. The van der Waals surface area contributed by atoms with E-state index in [-0.39, 0.29) is 6.54 Å². The number of carbonyl (C=O) groups is 2. The Balaban J connectivity index is 1.83. The van der Waals surface area contributed by atoms with Gasteiger partial charge in [-0.15, -0.1) is 0 Å². The van der Waals surface area contributed by atoms with Gasteiger partial charge in [-0.1, -0.05) is 0 Å². The fourth-order valence-corrected chi connectivity index (χ4v) is 1.75. The molecule has 0 saturated carbocycles. The maximum atomic E-state index is 12.6. The van der Waals surface area contributed by atoms with Crippen LogP contribution in [-0.2, 0) is 4.79 Å².